The van der Waals surface area contributed by atoms with E-state index in [1.807, 2.05) is 31.2 Å². The molecule has 0 aliphatic rings. The number of benzene rings is 1. The summed E-state index contributed by atoms with van der Waals surface area (Å²) in [5.74, 6) is -0.984. The number of hydrogen-bond acceptors (Lipinski definition) is 4. The van der Waals surface area contributed by atoms with Crippen molar-refractivity contribution in [1.82, 2.24) is 10.3 Å². The number of carbonyl (C=O) groups is 1. The maximum atomic E-state index is 10.7. The van der Waals surface area contributed by atoms with E-state index in [1.165, 1.54) is 0 Å². The number of carboxylic acids is 1. The molecule has 0 fully saturated rings. The lowest BCUT2D eigenvalue weighted by atomic mass is 10.1. The van der Waals surface area contributed by atoms with Gasteiger partial charge in [0.1, 0.15) is 0 Å². The predicted octanol–water partition coefficient (Wildman–Crippen LogP) is 3.35. The molecule has 0 spiro atoms. The van der Waals surface area contributed by atoms with Gasteiger partial charge in [-0.1, -0.05) is 23.7 Å². The van der Waals surface area contributed by atoms with E-state index >= 15 is 0 Å². The molecule has 6 heteroatoms. The Bertz CT molecular complexity index is 568. The largest absolute Gasteiger partial charge is 0.476 e. The van der Waals surface area contributed by atoms with Crippen LogP contribution in [0.4, 0.5) is 0 Å². The van der Waals surface area contributed by atoms with E-state index in [9.17, 15) is 4.79 Å². The number of nitrogens with one attached hydrogen (secondary N) is 1. The minimum absolute atomic E-state index is 0.121. The smallest absolute Gasteiger partial charge is 0.365 e. The van der Waals surface area contributed by atoms with Gasteiger partial charge in [-0.3, -0.25) is 0 Å². The Balaban J connectivity index is 1.94. The van der Waals surface area contributed by atoms with Gasteiger partial charge < -0.3 is 10.4 Å². The standard InChI is InChI=1S/C13H13ClN2O2S/c1-8(9-2-4-10(14)5-3-9)15-6-11-7-19-12(16-11)13(17)18/h2-5,7-8,15H,6H2,1H3,(H,17,18)/t8-/m1/s1. The van der Waals surface area contributed by atoms with Crippen LogP contribution in [-0.2, 0) is 6.54 Å². The van der Waals surface area contributed by atoms with Gasteiger partial charge in [0.25, 0.3) is 0 Å². The molecule has 1 aromatic carbocycles. The summed E-state index contributed by atoms with van der Waals surface area (Å²) >= 11 is 6.98. The molecule has 0 unspecified atom stereocenters. The highest BCUT2D eigenvalue weighted by Crippen LogP contribution is 2.17. The molecule has 1 atom stereocenters. The van der Waals surface area contributed by atoms with Crippen LogP contribution in [0.3, 0.4) is 0 Å². The lowest BCUT2D eigenvalue weighted by Crippen LogP contribution is -2.18. The van der Waals surface area contributed by atoms with E-state index in [-0.39, 0.29) is 11.0 Å². The molecule has 1 heterocycles. The van der Waals surface area contributed by atoms with E-state index in [1.54, 1.807) is 5.38 Å². The third-order valence-corrected chi connectivity index (χ3v) is 3.83. The van der Waals surface area contributed by atoms with E-state index < -0.39 is 5.97 Å². The van der Waals surface area contributed by atoms with Crippen LogP contribution >= 0.6 is 22.9 Å². The van der Waals surface area contributed by atoms with Crippen LogP contribution in [-0.4, -0.2) is 16.1 Å². The Labute approximate surface area is 120 Å². The van der Waals surface area contributed by atoms with Crippen LogP contribution < -0.4 is 5.32 Å². The van der Waals surface area contributed by atoms with Crippen LogP contribution in [0.5, 0.6) is 0 Å². The van der Waals surface area contributed by atoms with Crippen LogP contribution in [0, 0.1) is 0 Å². The fourth-order valence-corrected chi connectivity index (χ4v) is 2.39. The summed E-state index contributed by atoms with van der Waals surface area (Å²) in [5.41, 5.74) is 1.86. The van der Waals surface area contributed by atoms with Gasteiger partial charge in [-0.2, -0.15) is 0 Å². The normalized spacial score (nSPS) is 12.3. The Morgan fingerprint density at radius 2 is 2.16 bits per heavy atom. The van der Waals surface area contributed by atoms with Gasteiger partial charge in [0.05, 0.1) is 5.69 Å². The Morgan fingerprint density at radius 1 is 1.47 bits per heavy atom. The summed E-state index contributed by atoms with van der Waals surface area (Å²) in [4.78, 5) is 14.7. The van der Waals surface area contributed by atoms with Gasteiger partial charge in [-0.05, 0) is 24.6 Å². The highest BCUT2D eigenvalue weighted by atomic mass is 35.5. The fourth-order valence-electron chi connectivity index (χ4n) is 1.61. The maximum Gasteiger partial charge on any atom is 0.365 e. The number of halogens is 1. The molecule has 0 saturated heterocycles. The van der Waals surface area contributed by atoms with Crippen molar-refractivity contribution < 1.29 is 9.90 Å². The Hall–Kier alpha value is -1.43. The van der Waals surface area contributed by atoms with Crippen molar-refractivity contribution in [3.63, 3.8) is 0 Å². The van der Waals surface area contributed by atoms with Gasteiger partial charge >= 0.3 is 5.97 Å². The predicted molar refractivity (Wildman–Crippen MR) is 75.8 cm³/mol. The van der Waals surface area contributed by atoms with Crippen LogP contribution in [0.2, 0.25) is 5.02 Å². The monoisotopic (exact) mass is 296 g/mol. The molecule has 0 aliphatic carbocycles. The molecular weight excluding hydrogens is 284 g/mol. The second kappa shape index (κ2) is 6.14. The molecule has 2 aromatic rings. The van der Waals surface area contributed by atoms with E-state index in [4.69, 9.17) is 16.7 Å². The molecule has 0 bridgehead atoms. The van der Waals surface area contributed by atoms with Crippen molar-refractivity contribution in [2.45, 2.75) is 19.5 Å². The molecule has 0 amide bonds. The van der Waals surface area contributed by atoms with Crippen molar-refractivity contribution in [3.05, 3.63) is 50.9 Å². The van der Waals surface area contributed by atoms with Crippen molar-refractivity contribution in [1.29, 1.82) is 0 Å². The summed E-state index contributed by atoms with van der Waals surface area (Å²) in [6.07, 6.45) is 0. The number of aromatic nitrogens is 1. The zero-order chi connectivity index (χ0) is 13.8. The number of nitrogens with zero attached hydrogens (tertiary/aromatic N) is 1. The summed E-state index contributed by atoms with van der Waals surface area (Å²) in [7, 11) is 0. The summed E-state index contributed by atoms with van der Waals surface area (Å²) < 4.78 is 0. The number of thiazole rings is 1. The molecule has 0 saturated carbocycles. The third kappa shape index (κ3) is 3.76. The molecule has 2 rings (SSSR count). The van der Waals surface area contributed by atoms with Gasteiger partial charge in [0.2, 0.25) is 5.01 Å². The molecule has 2 N–H and O–H groups in total. The maximum absolute atomic E-state index is 10.7. The first-order chi connectivity index (χ1) is 9.06. The number of rotatable bonds is 5. The topological polar surface area (TPSA) is 62.2 Å². The molecule has 19 heavy (non-hydrogen) atoms. The Morgan fingerprint density at radius 3 is 2.74 bits per heavy atom. The van der Waals surface area contributed by atoms with Crippen molar-refractivity contribution in [3.8, 4) is 0 Å². The minimum atomic E-state index is -0.984. The van der Waals surface area contributed by atoms with Crippen molar-refractivity contribution >= 4 is 28.9 Å². The van der Waals surface area contributed by atoms with E-state index in [2.05, 4.69) is 10.3 Å². The van der Waals surface area contributed by atoms with Gasteiger partial charge in [-0.25, -0.2) is 9.78 Å². The first kappa shape index (κ1) is 14.0. The summed E-state index contributed by atoms with van der Waals surface area (Å²) in [5, 5.41) is 14.7. The molecular formula is C13H13ClN2O2S. The zero-order valence-electron chi connectivity index (χ0n) is 10.3. The average molecular weight is 297 g/mol. The van der Waals surface area contributed by atoms with Crippen LogP contribution in [0.15, 0.2) is 29.6 Å². The fraction of sp³-hybridized carbons (Fsp3) is 0.231. The van der Waals surface area contributed by atoms with Gasteiger partial charge in [-0.15, -0.1) is 11.3 Å². The molecule has 1 aromatic heterocycles. The average Bonchev–Trinajstić information content (AvgIpc) is 2.86. The molecule has 100 valence electrons. The zero-order valence-corrected chi connectivity index (χ0v) is 11.8. The highest BCUT2D eigenvalue weighted by Gasteiger charge is 2.10. The van der Waals surface area contributed by atoms with Crippen LogP contribution in [0.1, 0.15) is 34.0 Å². The third-order valence-electron chi connectivity index (χ3n) is 2.69. The first-order valence-corrected chi connectivity index (χ1v) is 6.98. The summed E-state index contributed by atoms with van der Waals surface area (Å²) in [6.45, 7) is 2.57. The van der Waals surface area contributed by atoms with E-state index in [0.29, 0.717) is 11.6 Å². The second-order valence-corrected chi connectivity index (χ2v) is 5.40. The lowest BCUT2D eigenvalue weighted by Gasteiger charge is -2.13. The molecule has 4 nitrogen and oxygen atoms in total. The number of carboxylic acid groups (broad SMARTS) is 1. The Kier molecular flexibility index (Phi) is 4.52. The van der Waals surface area contributed by atoms with Gasteiger partial charge in [0.15, 0.2) is 0 Å². The van der Waals surface area contributed by atoms with Gasteiger partial charge in [0, 0.05) is 23.0 Å². The SMILES string of the molecule is C[C@@H](NCc1csc(C(=O)O)n1)c1ccc(Cl)cc1. The number of aromatic carboxylic acids is 1. The first-order valence-electron chi connectivity index (χ1n) is 5.73. The van der Waals surface area contributed by atoms with Crippen LogP contribution in [0.25, 0.3) is 0 Å². The minimum Gasteiger partial charge on any atom is -0.476 e. The molecule has 0 aliphatic heterocycles. The number of hydrogen-bond donors (Lipinski definition) is 2. The summed E-state index contributed by atoms with van der Waals surface area (Å²) in [6, 6.07) is 7.76. The van der Waals surface area contributed by atoms with Crippen molar-refractivity contribution in [2.75, 3.05) is 0 Å². The second-order valence-electron chi connectivity index (χ2n) is 4.10. The quantitative estimate of drug-likeness (QED) is 0.888. The highest BCUT2D eigenvalue weighted by molar-refractivity contribution is 7.11. The van der Waals surface area contributed by atoms with Crippen molar-refractivity contribution in [2.24, 2.45) is 0 Å². The van der Waals surface area contributed by atoms with E-state index in [0.717, 1.165) is 22.6 Å². The molecule has 0 radical (unpaired) electrons. The lowest BCUT2D eigenvalue weighted by molar-refractivity contribution is 0.0696.